The van der Waals surface area contributed by atoms with Crippen LogP contribution in [0.4, 0.5) is 0 Å². The predicted octanol–water partition coefficient (Wildman–Crippen LogP) is 2.26. The van der Waals surface area contributed by atoms with Crippen molar-refractivity contribution in [2.75, 3.05) is 39.5 Å². The Kier molecular flexibility index (Phi) is 8.79. The molecule has 0 aromatic heterocycles. The summed E-state index contributed by atoms with van der Waals surface area (Å²) in [5, 5.41) is 13.0. The largest absolute Gasteiger partial charge is 0.395 e. The number of hydrogen-bond donors (Lipinski definition) is 2. The Labute approximate surface area is 131 Å². The second kappa shape index (κ2) is 9.78. The van der Waals surface area contributed by atoms with Gasteiger partial charge in [0.15, 0.2) is 0 Å². The lowest BCUT2D eigenvalue weighted by molar-refractivity contribution is -0.0367. The molecule has 1 atom stereocenters. The van der Waals surface area contributed by atoms with Gasteiger partial charge in [0.2, 0.25) is 0 Å². The molecule has 4 heteroatoms. The fourth-order valence-electron chi connectivity index (χ4n) is 3.41. The summed E-state index contributed by atoms with van der Waals surface area (Å²) in [7, 11) is 0. The molecule has 1 aliphatic heterocycles. The van der Waals surface area contributed by atoms with Crippen LogP contribution < -0.4 is 5.32 Å². The molecular formula is C17H36N2O2. The summed E-state index contributed by atoms with van der Waals surface area (Å²) < 4.78 is 5.81. The van der Waals surface area contributed by atoms with E-state index in [1.54, 1.807) is 0 Å². The highest BCUT2D eigenvalue weighted by molar-refractivity contribution is 4.89. The van der Waals surface area contributed by atoms with E-state index in [2.05, 4.69) is 37.9 Å². The minimum absolute atomic E-state index is 0.195. The van der Waals surface area contributed by atoms with Crippen LogP contribution >= 0.6 is 0 Å². The summed E-state index contributed by atoms with van der Waals surface area (Å²) in [4.78, 5) is 2.48. The van der Waals surface area contributed by atoms with Gasteiger partial charge in [0, 0.05) is 43.7 Å². The molecule has 0 radical (unpaired) electrons. The lowest BCUT2D eigenvalue weighted by Crippen LogP contribution is -2.52. The summed E-state index contributed by atoms with van der Waals surface area (Å²) in [5.74, 6) is 0. The van der Waals surface area contributed by atoms with Gasteiger partial charge in [-0.15, -0.1) is 0 Å². The average molecular weight is 300 g/mol. The fraction of sp³-hybridized carbons (Fsp3) is 1.00. The number of nitrogens with zero attached hydrogens (tertiary/aromatic N) is 1. The zero-order chi connectivity index (χ0) is 15.7. The van der Waals surface area contributed by atoms with Crippen molar-refractivity contribution >= 4 is 0 Å². The van der Waals surface area contributed by atoms with Crippen molar-refractivity contribution in [1.82, 2.24) is 10.2 Å². The maximum absolute atomic E-state index is 9.42. The summed E-state index contributed by atoms with van der Waals surface area (Å²) >= 11 is 0. The molecule has 2 N–H and O–H groups in total. The first-order valence-corrected chi connectivity index (χ1v) is 8.73. The topological polar surface area (TPSA) is 44.7 Å². The van der Waals surface area contributed by atoms with Gasteiger partial charge in [-0.1, -0.05) is 27.7 Å². The van der Waals surface area contributed by atoms with E-state index in [0.717, 1.165) is 52.1 Å². The van der Waals surface area contributed by atoms with Gasteiger partial charge in [-0.2, -0.15) is 0 Å². The first-order chi connectivity index (χ1) is 10.1. The van der Waals surface area contributed by atoms with E-state index in [9.17, 15) is 5.11 Å². The maximum Gasteiger partial charge on any atom is 0.0558 e. The molecule has 0 amide bonds. The molecule has 126 valence electrons. The number of hydrogen-bond acceptors (Lipinski definition) is 4. The van der Waals surface area contributed by atoms with Gasteiger partial charge in [0.25, 0.3) is 0 Å². The molecule has 1 aliphatic rings. The molecule has 1 saturated heterocycles. The van der Waals surface area contributed by atoms with Crippen LogP contribution in [-0.4, -0.2) is 61.5 Å². The highest BCUT2D eigenvalue weighted by Gasteiger charge is 2.35. The van der Waals surface area contributed by atoms with Crippen molar-refractivity contribution in [3.8, 4) is 0 Å². The van der Waals surface area contributed by atoms with Crippen LogP contribution in [0.15, 0.2) is 0 Å². The van der Waals surface area contributed by atoms with Gasteiger partial charge in [-0.05, 0) is 25.7 Å². The first-order valence-electron chi connectivity index (χ1n) is 8.73. The van der Waals surface area contributed by atoms with Crippen LogP contribution in [0, 0.1) is 5.41 Å². The highest BCUT2D eigenvalue weighted by atomic mass is 16.5. The molecule has 0 aliphatic carbocycles. The van der Waals surface area contributed by atoms with Crippen LogP contribution in [0.5, 0.6) is 0 Å². The summed E-state index contributed by atoms with van der Waals surface area (Å²) in [5.41, 5.74) is 0.195. The van der Waals surface area contributed by atoms with Crippen LogP contribution in [0.3, 0.4) is 0 Å². The molecule has 1 rings (SSSR count). The molecule has 21 heavy (non-hydrogen) atoms. The van der Waals surface area contributed by atoms with E-state index in [0.29, 0.717) is 12.1 Å². The number of aliphatic hydroxyl groups is 1. The summed E-state index contributed by atoms with van der Waals surface area (Å²) in [6.45, 7) is 13.7. The van der Waals surface area contributed by atoms with Crippen LogP contribution in [0.25, 0.3) is 0 Å². The lowest BCUT2D eigenvalue weighted by atomic mass is 9.81. The number of rotatable bonds is 10. The van der Waals surface area contributed by atoms with Crippen molar-refractivity contribution in [1.29, 1.82) is 0 Å². The smallest absolute Gasteiger partial charge is 0.0558 e. The molecular weight excluding hydrogens is 264 g/mol. The Morgan fingerprint density at radius 2 is 2.00 bits per heavy atom. The van der Waals surface area contributed by atoms with E-state index in [1.807, 2.05) is 0 Å². The number of ether oxygens (including phenoxy) is 1. The Hall–Kier alpha value is -0.160. The second-order valence-corrected chi connectivity index (χ2v) is 6.86. The molecule has 0 saturated carbocycles. The van der Waals surface area contributed by atoms with Crippen LogP contribution in [-0.2, 0) is 4.74 Å². The Bertz CT molecular complexity index is 262. The van der Waals surface area contributed by atoms with Crippen molar-refractivity contribution in [2.45, 2.75) is 65.5 Å². The molecule has 0 bridgehead atoms. The quantitative estimate of drug-likeness (QED) is 0.649. The second-order valence-electron chi connectivity index (χ2n) is 6.86. The van der Waals surface area contributed by atoms with E-state index in [-0.39, 0.29) is 12.0 Å². The van der Waals surface area contributed by atoms with Crippen LogP contribution in [0.2, 0.25) is 0 Å². The zero-order valence-corrected chi connectivity index (χ0v) is 14.5. The molecule has 4 nitrogen and oxygen atoms in total. The van der Waals surface area contributed by atoms with Crippen molar-refractivity contribution < 1.29 is 9.84 Å². The molecule has 0 aromatic rings. The van der Waals surface area contributed by atoms with Crippen molar-refractivity contribution in [2.24, 2.45) is 5.41 Å². The Morgan fingerprint density at radius 1 is 1.29 bits per heavy atom. The monoisotopic (exact) mass is 300 g/mol. The van der Waals surface area contributed by atoms with Gasteiger partial charge < -0.3 is 15.2 Å². The van der Waals surface area contributed by atoms with Crippen molar-refractivity contribution in [3.05, 3.63) is 0 Å². The fourth-order valence-corrected chi connectivity index (χ4v) is 3.41. The van der Waals surface area contributed by atoms with E-state index < -0.39 is 0 Å². The third-order valence-corrected chi connectivity index (χ3v) is 4.67. The normalized spacial score (nSPS) is 23.4. The van der Waals surface area contributed by atoms with E-state index in [4.69, 9.17) is 4.74 Å². The summed E-state index contributed by atoms with van der Waals surface area (Å²) in [6.07, 6.45) is 4.65. The third-order valence-electron chi connectivity index (χ3n) is 4.67. The van der Waals surface area contributed by atoms with Gasteiger partial charge in [-0.25, -0.2) is 0 Å². The van der Waals surface area contributed by atoms with Gasteiger partial charge in [0.05, 0.1) is 13.2 Å². The number of nitrogens with one attached hydrogen (secondary N) is 1. The predicted molar refractivity (Wildman–Crippen MR) is 88.7 cm³/mol. The standard InChI is InChI=1S/C17H36N2O2/c1-5-16(6-2)19(9-10-20)13-17(12-18-15(3)4)8-7-11-21-14-17/h15-16,18,20H,5-14H2,1-4H3. The highest BCUT2D eigenvalue weighted by Crippen LogP contribution is 2.30. The van der Waals surface area contributed by atoms with Crippen molar-refractivity contribution in [3.63, 3.8) is 0 Å². The lowest BCUT2D eigenvalue weighted by Gasteiger charge is -2.43. The maximum atomic E-state index is 9.42. The molecule has 0 aromatic carbocycles. The van der Waals surface area contributed by atoms with Crippen LogP contribution in [0.1, 0.15) is 53.4 Å². The zero-order valence-electron chi connectivity index (χ0n) is 14.5. The summed E-state index contributed by atoms with van der Waals surface area (Å²) in [6, 6.07) is 1.07. The van der Waals surface area contributed by atoms with E-state index in [1.165, 1.54) is 6.42 Å². The van der Waals surface area contributed by atoms with E-state index >= 15 is 0 Å². The van der Waals surface area contributed by atoms with Gasteiger partial charge >= 0.3 is 0 Å². The third kappa shape index (κ3) is 6.23. The molecule has 0 spiro atoms. The molecule has 1 heterocycles. The minimum Gasteiger partial charge on any atom is -0.395 e. The average Bonchev–Trinajstić information content (AvgIpc) is 2.48. The molecule has 1 fully saturated rings. The van der Waals surface area contributed by atoms with Gasteiger partial charge in [0.1, 0.15) is 0 Å². The Balaban J connectivity index is 2.75. The minimum atomic E-state index is 0.195. The SMILES string of the molecule is CCC(CC)N(CCO)CC1(CNC(C)C)CCCOC1. The molecule has 1 unspecified atom stereocenters. The Morgan fingerprint density at radius 3 is 2.48 bits per heavy atom. The van der Waals surface area contributed by atoms with Gasteiger partial charge in [-0.3, -0.25) is 4.90 Å². The number of aliphatic hydroxyl groups excluding tert-OH is 1. The first kappa shape index (κ1) is 18.9.